The number of sulfonamides is 1. The third-order valence-corrected chi connectivity index (χ3v) is 10.0. The van der Waals surface area contributed by atoms with Gasteiger partial charge < -0.3 is 34.7 Å². The summed E-state index contributed by atoms with van der Waals surface area (Å²) in [7, 11) is -3.79. The summed E-state index contributed by atoms with van der Waals surface area (Å²) in [5, 5.41) is 21.9. The maximum absolute atomic E-state index is 12.8. The first kappa shape index (κ1) is 38.4. The molecule has 4 rings (SSSR count). The lowest BCUT2D eigenvalue weighted by atomic mass is 9.87. The van der Waals surface area contributed by atoms with E-state index in [2.05, 4.69) is 23.6 Å². The average molecular weight is 704 g/mol. The molecular formula is C35H49N3O10S. The molecule has 3 saturated heterocycles. The number of epoxide rings is 1. The smallest absolute Gasteiger partial charge is 0.303 e. The minimum absolute atomic E-state index is 0.00218. The number of aliphatic hydroxyl groups is 1. The summed E-state index contributed by atoms with van der Waals surface area (Å²) >= 11 is 0. The highest BCUT2D eigenvalue weighted by Gasteiger charge is 2.58. The van der Waals surface area contributed by atoms with Crippen LogP contribution in [0.5, 0.6) is 0 Å². The summed E-state index contributed by atoms with van der Waals surface area (Å²) < 4.78 is 46.0. The molecular weight excluding hydrogens is 654 g/mol. The summed E-state index contributed by atoms with van der Waals surface area (Å²) in [6, 6.07) is 5.81. The van der Waals surface area contributed by atoms with E-state index in [1.165, 1.54) is 31.2 Å². The molecule has 270 valence electrons. The monoisotopic (exact) mass is 703 g/mol. The SMILES string of the molecule is CC(=O)O[C@@H](C)/C=C\C(=O)N[C@@H]1C[C@H](C)[C@H](C/C=C(C)/C=C/[C@H]2O[C@H](CC(=O)NCc3ccc(S(N)(=O)=O)cc3)C[C@@]3(CO3)[C@@H]2O)O[C@@H]1C. The summed E-state index contributed by atoms with van der Waals surface area (Å²) in [6.45, 7) is 9.59. The highest BCUT2D eigenvalue weighted by Crippen LogP contribution is 2.43. The van der Waals surface area contributed by atoms with Crippen LogP contribution in [-0.4, -0.2) is 86.2 Å². The van der Waals surface area contributed by atoms with Crippen molar-refractivity contribution in [3.63, 3.8) is 0 Å². The molecule has 1 spiro atoms. The van der Waals surface area contributed by atoms with Gasteiger partial charge in [-0.15, -0.1) is 0 Å². The number of hydrogen-bond donors (Lipinski definition) is 4. The van der Waals surface area contributed by atoms with Gasteiger partial charge in [-0.2, -0.15) is 0 Å². The van der Waals surface area contributed by atoms with Crippen LogP contribution in [0.2, 0.25) is 0 Å². The van der Waals surface area contributed by atoms with Crippen LogP contribution >= 0.6 is 0 Å². The van der Waals surface area contributed by atoms with Crippen LogP contribution in [0, 0.1) is 5.92 Å². The van der Waals surface area contributed by atoms with E-state index in [9.17, 15) is 27.9 Å². The Morgan fingerprint density at radius 1 is 1.14 bits per heavy atom. The van der Waals surface area contributed by atoms with Gasteiger partial charge in [0.2, 0.25) is 21.8 Å². The number of carbonyl (C=O) groups is 3. The van der Waals surface area contributed by atoms with Crippen molar-refractivity contribution in [2.24, 2.45) is 11.1 Å². The molecule has 3 aliphatic heterocycles. The molecule has 0 aliphatic carbocycles. The molecule has 1 aromatic rings. The van der Waals surface area contributed by atoms with Crippen molar-refractivity contribution in [2.75, 3.05) is 6.61 Å². The van der Waals surface area contributed by atoms with Gasteiger partial charge in [0.15, 0.2) is 0 Å². The maximum atomic E-state index is 12.8. The lowest BCUT2D eigenvalue weighted by Crippen LogP contribution is -2.50. The third-order valence-electron chi connectivity index (χ3n) is 9.08. The van der Waals surface area contributed by atoms with E-state index in [0.29, 0.717) is 19.4 Å². The van der Waals surface area contributed by atoms with Crippen molar-refractivity contribution >= 4 is 27.8 Å². The molecule has 14 heteroatoms. The number of nitrogens with one attached hydrogen (secondary N) is 2. The van der Waals surface area contributed by atoms with E-state index in [1.807, 2.05) is 19.9 Å². The molecule has 9 atom stereocenters. The highest BCUT2D eigenvalue weighted by molar-refractivity contribution is 7.89. The zero-order valence-electron chi connectivity index (χ0n) is 28.7. The maximum Gasteiger partial charge on any atom is 0.303 e. The third kappa shape index (κ3) is 11.3. The number of allylic oxidation sites excluding steroid dienone is 2. The fraction of sp³-hybridized carbons (Fsp3) is 0.571. The second-order valence-corrected chi connectivity index (χ2v) is 14.9. The van der Waals surface area contributed by atoms with Crippen molar-refractivity contribution < 1.29 is 46.9 Å². The molecule has 3 aliphatic rings. The number of hydrogen-bond acceptors (Lipinski definition) is 10. The van der Waals surface area contributed by atoms with Gasteiger partial charge in [-0.1, -0.05) is 42.9 Å². The number of primary sulfonamides is 1. The van der Waals surface area contributed by atoms with Gasteiger partial charge in [0.1, 0.15) is 23.9 Å². The fourth-order valence-corrected chi connectivity index (χ4v) is 6.68. The second kappa shape index (κ2) is 16.5. The Bertz CT molecular complexity index is 1540. The van der Waals surface area contributed by atoms with E-state index in [0.717, 1.165) is 17.6 Å². The minimum Gasteiger partial charge on any atom is -0.459 e. The molecule has 5 N–H and O–H groups in total. The van der Waals surface area contributed by atoms with E-state index in [4.69, 9.17) is 24.1 Å². The van der Waals surface area contributed by atoms with Gasteiger partial charge in [0.25, 0.3) is 0 Å². The number of carbonyl (C=O) groups excluding carboxylic acids is 3. The van der Waals surface area contributed by atoms with E-state index in [-0.39, 0.29) is 53.8 Å². The first-order valence-corrected chi connectivity index (χ1v) is 18.1. The molecule has 0 aromatic heterocycles. The molecule has 3 heterocycles. The van der Waals surface area contributed by atoms with Gasteiger partial charge in [-0.25, -0.2) is 13.6 Å². The Labute approximate surface area is 288 Å². The molecule has 0 saturated carbocycles. The van der Waals surface area contributed by atoms with E-state index in [1.54, 1.807) is 25.1 Å². The number of benzene rings is 1. The zero-order valence-corrected chi connectivity index (χ0v) is 29.5. The van der Waals surface area contributed by atoms with Crippen LogP contribution in [0.4, 0.5) is 0 Å². The number of rotatable bonds is 13. The Morgan fingerprint density at radius 3 is 2.47 bits per heavy atom. The normalized spacial score (nSPS) is 31.1. The lowest BCUT2D eigenvalue weighted by Gasteiger charge is -2.39. The molecule has 0 bridgehead atoms. The molecule has 49 heavy (non-hydrogen) atoms. The Morgan fingerprint density at radius 2 is 1.84 bits per heavy atom. The summed E-state index contributed by atoms with van der Waals surface area (Å²) in [4.78, 5) is 36.2. The molecule has 0 unspecified atom stereocenters. The number of nitrogens with two attached hydrogens (primary N) is 1. The first-order chi connectivity index (χ1) is 23.0. The van der Waals surface area contributed by atoms with Crippen molar-refractivity contribution in [1.82, 2.24) is 10.6 Å². The summed E-state index contributed by atoms with van der Waals surface area (Å²) in [6.07, 6.45) is 7.82. The first-order valence-electron chi connectivity index (χ1n) is 16.6. The molecule has 3 fully saturated rings. The van der Waals surface area contributed by atoms with Crippen molar-refractivity contribution in [3.8, 4) is 0 Å². The Balaban J connectivity index is 1.25. The Hall–Kier alpha value is -3.40. The fourth-order valence-electron chi connectivity index (χ4n) is 6.16. The van der Waals surface area contributed by atoms with Crippen LogP contribution in [0.1, 0.15) is 65.9 Å². The van der Waals surface area contributed by atoms with Crippen LogP contribution < -0.4 is 15.8 Å². The van der Waals surface area contributed by atoms with Crippen LogP contribution in [-0.2, 0) is 49.9 Å². The van der Waals surface area contributed by atoms with Crippen molar-refractivity contribution in [3.05, 3.63) is 65.8 Å². The quantitative estimate of drug-likeness (QED) is 0.102. The number of ether oxygens (including phenoxy) is 4. The van der Waals surface area contributed by atoms with Crippen LogP contribution in [0.15, 0.2) is 65.1 Å². The topological polar surface area (TPSA) is 196 Å². The predicted molar refractivity (Wildman–Crippen MR) is 180 cm³/mol. The van der Waals surface area contributed by atoms with Crippen LogP contribution in [0.25, 0.3) is 0 Å². The minimum atomic E-state index is -3.79. The van der Waals surface area contributed by atoms with E-state index < -0.39 is 46.0 Å². The van der Waals surface area contributed by atoms with Gasteiger partial charge in [-0.3, -0.25) is 14.4 Å². The van der Waals surface area contributed by atoms with Crippen LogP contribution in [0.3, 0.4) is 0 Å². The van der Waals surface area contributed by atoms with Gasteiger partial charge >= 0.3 is 5.97 Å². The number of esters is 1. The van der Waals surface area contributed by atoms with Crippen molar-refractivity contribution in [1.29, 1.82) is 0 Å². The Kier molecular flexibility index (Phi) is 13.0. The average Bonchev–Trinajstić information content (AvgIpc) is 3.80. The molecule has 1 aromatic carbocycles. The van der Waals surface area contributed by atoms with Crippen molar-refractivity contribution in [2.45, 2.75) is 120 Å². The standard InChI is InChI=1S/C35H49N3O10S/c1-21(6-13-30-22(2)16-29(24(4)47-30)38-32(40)15-8-23(3)46-25(5)39)7-14-31-34(42)35(20-45-35)18-27(48-31)17-33(41)37-19-26-9-11-28(12-10-26)49(36,43)44/h6-12,14-15,22-24,27,29-31,34,42H,13,16-20H2,1-5H3,(H,37,41)(H,38,40)(H2,36,43,44)/b14-7+,15-8-,21-6+/t22-,23-,24+,27+,29+,30-,31+,34+,35+/m0/s1. The predicted octanol–water partition coefficient (Wildman–Crippen LogP) is 2.33. The molecule has 0 radical (unpaired) electrons. The summed E-state index contributed by atoms with van der Waals surface area (Å²) in [5.74, 6) is -0.738. The molecule has 13 nitrogen and oxygen atoms in total. The van der Waals surface area contributed by atoms with E-state index >= 15 is 0 Å². The highest BCUT2D eigenvalue weighted by atomic mass is 32.2. The number of amides is 2. The zero-order chi connectivity index (χ0) is 35.9. The largest absolute Gasteiger partial charge is 0.459 e. The van der Waals surface area contributed by atoms with Gasteiger partial charge in [0, 0.05) is 26.0 Å². The number of aliphatic hydroxyl groups excluding tert-OH is 1. The second-order valence-electron chi connectivity index (χ2n) is 13.3. The summed E-state index contributed by atoms with van der Waals surface area (Å²) in [5.41, 5.74) is 0.945. The van der Waals surface area contributed by atoms with Gasteiger partial charge in [0.05, 0.1) is 42.3 Å². The molecule has 2 amide bonds. The lowest BCUT2D eigenvalue weighted by molar-refractivity contribution is -0.145. The van der Waals surface area contributed by atoms with Gasteiger partial charge in [-0.05, 0) is 63.3 Å².